The molecule has 0 unspecified atom stereocenters. The van der Waals surface area contributed by atoms with Gasteiger partial charge in [0.1, 0.15) is 5.75 Å². The highest BCUT2D eigenvalue weighted by Crippen LogP contribution is 2.18. The molecule has 0 spiro atoms. The summed E-state index contributed by atoms with van der Waals surface area (Å²) < 4.78 is 5.29. The number of para-hydroxylation sites is 1. The highest BCUT2D eigenvalue weighted by atomic mass is 16.5. The van der Waals surface area contributed by atoms with Crippen LogP contribution in [0.25, 0.3) is 6.08 Å². The van der Waals surface area contributed by atoms with Crippen molar-refractivity contribution in [3.63, 3.8) is 0 Å². The van der Waals surface area contributed by atoms with Gasteiger partial charge < -0.3 is 9.84 Å². The maximum absolute atomic E-state index is 10.2. The molecular formula is C11H12O3. The molecule has 14 heavy (non-hydrogen) atoms. The van der Waals surface area contributed by atoms with E-state index in [0.29, 0.717) is 5.75 Å². The van der Waals surface area contributed by atoms with Crippen LogP contribution in [0.5, 0.6) is 5.75 Å². The lowest BCUT2D eigenvalue weighted by molar-refractivity contribution is -0.137. The molecule has 0 saturated heterocycles. The Bertz CT molecular complexity index is 331. The van der Waals surface area contributed by atoms with Crippen LogP contribution < -0.4 is 4.74 Å². The number of rotatable bonds is 5. The van der Waals surface area contributed by atoms with E-state index in [2.05, 4.69) is 6.58 Å². The lowest BCUT2D eigenvalue weighted by Gasteiger charge is -2.06. The minimum absolute atomic E-state index is 0.00543. The smallest absolute Gasteiger partial charge is 0.306 e. The molecular weight excluding hydrogens is 180 g/mol. The van der Waals surface area contributed by atoms with Gasteiger partial charge in [-0.3, -0.25) is 4.79 Å². The van der Waals surface area contributed by atoms with Crippen LogP contribution in [0, 0.1) is 0 Å². The Labute approximate surface area is 82.6 Å². The topological polar surface area (TPSA) is 46.5 Å². The van der Waals surface area contributed by atoms with Crippen molar-refractivity contribution in [1.29, 1.82) is 0 Å². The number of carboxylic acid groups (broad SMARTS) is 1. The molecule has 0 aromatic heterocycles. The molecule has 3 heteroatoms. The lowest BCUT2D eigenvalue weighted by atomic mass is 10.2. The molecule has 0 aliphatic heterocycles. The van der Waals surface area contributed by atoms with Crippen molar-refractivity contribution < 1.29 is 14.6 Å². The Morgan fingerprint density at radius 2 is 2.21 bits per heavy atom. The number of hydrogen-bond acceptors (Lipinski definition) is 2. The van der Waals surface area contributed by atoms with Crippen molar-refractivity contribution in [2.75, 3.05) is 6.61 Å². The molecule has 0 atom stereocenters. The second-order valence-corrected chi connectivity index (χ2v) is 2.73. The second kappa shape index (κ2) is 5.07. The van der Waals surface area contributed by atoms with E-state index in [-0.39, 0.29) is 13.0 Å². The molecule has 74 valence electrons. The molecule has 1 aromatic carbocycles. The number of ether oxygens (including phenoxy) is 1. The summed E-state index contributed by atoms with van der Waals surface area (Å²) in [7, 11) is 0. The SMILES string of the molecule is C=Cc1ccccc1OCCC(=O)O. The van der Waals surface area contributed by atoms with Crippen molar-refractivity contribution in [2.24, 2.45) is 0 Å². The summed E-state index contributed by atoms with van der Waals surface area (Å²) in [5.41, 5.74) is 0.873. The van der Waals surface area contributed by atoms with Gasteiger partial charge in [-0.1, -0.05) is 30.9 Å². The molecule has 0 bridgehead atoms. The summed E-state index contributed by atoms with van der Waals surface area (Å²) in [6.07, 6.45) is 1.68. The number of carbonyl (C=O) groups is 1. The summed E-state index contributed by atoms with van der Waals surface area (Å²) in [6.45, 7) is 3.82. The van der Waals surface area contributed by atoms with E-state index >= 15 is 0 Å². The highest BCUT2D eigenvalue weighted by Gasteiger charge is 2.00. The average Bonchev–Trinajstić information content (AvgIpc) is 2.18. The Kier molecular flexibility index (Phi) is 3.73. The zero-order chi connectivity index (χ0) is 10.4. The van der Waals surface area contributed by atoms with Gasteiger partial charge >= 0.3 is 5.97 Å². The summed E-state index contributed by atoms with van der Waals surface area (Å²) >= 11 is 0. The fourth-order valence-electron chi connectivity index (χ4n) is 1.03. The third-order valence-corrected chi connectivity index (χ3v) is 1.71. The van der Waals surface area contributed by atoms with Gasteiger partial charge in [0, 0.05) is 5.56 Å². The predicted molar refractivity (Wildman–Crippen MR) is 54.3 cm³/mol. The first kappa shape index (κ1) is 10.3. The van der Waals surface area contributed by atoms with E-state index in [9.17, 15) is 4.79 Å². The summed E-state index contributed by atoms with van der Waals surface area (Å²) in [6, 6.07) is 7.37. The minimum Gasteiger partial charge on any atom is -0.492 e. The molecule has 0 saturated carbocycles. The van der Waals surface area contributed by atoms with Gasteiger partial charge in [-0.2, -0.15) is 0 Å². The van der Waals surface area contributed by atoms with E-state index in [1.165, 1.54) is 0 Å². The molecule has 0 radical (unpaired) electrons. The van der Waals surface area contributed by atoms with Gasteiger partial charge in [-0.25, -0.2) is 0 Å². The first-order valence-corrected chi connectivity index (χ1v) is 4.30. The predicted octanol–water partition coefficient (Wildman–Crippen LogP) is 2.18. The van der Waals surface area contributed by atoms with Crippen molar-refractivity contribution in [3.8, 4) is 5.75 Å². The normalized spacial score (nSPS) is 9.43. The average molecular weight is 192 g/mol. The molecule has 1 aromatic rings. The number of carboxylic acids is 1. The summed E-state index contributed by atoms with van der Waals surface area (Å²) in [5, 5.41) is 8.42. The van der Waals surface area contributed by atoms with E-state index in [4.69, 9.17) is 9.84 Å². The lowest BCUT2D eigenvalue weighted by Crippen LogP contribution is -2.05. The Morgan fingerprint density at radius 3 is 2.86 bits per heavy atom. The van der Waals surface area contributed by atoms with E-state index < -0.39 is 5.97 Å². The third kappa shape index (κ3) is 2.94. The Hall–Kier alpha value is -1.77. The minimum atomic E-state index is -0.860. The molecule has 1 N–H and O–H groups in total. The zero-order valence-electron chi connectivity index (χ0n) is 7.77. The van der Waals surface area contributed by atoms with Gasteiger partial charge in [0.25, 0.3) is 0 Å². The first-order chi connectivity index (χ1) is 6.74. The molecule has 0 amide bonds. The van der Waals surface area contributed by atoms with Gasteiger partial charge in [-0.15, -0.1) is 0 Å². The summed E-state index contributed by atoms with van der Waals surface area (Å²) in [4.78, 5) is 10.2. The fraction of sp³-hybridized carbons (Fsp3) is 0.182. The molecule has 0 aliphatic carbocycles. The molecule has 3 nitrogen and oxygen atoms in total. The van der Waals surface area contributed by atoms with Crippen LogP contribution >= 0.6 is 0 Å². The standard InChI is InChI=1S/C11H12O3/c1-2-9-5-3-4-6-10(9)14-8-7-11(12)13/h2-6H,1,7-8H2,(H,12,13). The monoisotopic (exact) mass is 192 g/mol. The summed E-state index contributed by atoms with van der Waals surface area (Å²) in [5.74, 6) is -0.190. The van der Waals surface area contributed by atoms with E-state index in [1.807, 2.05) is 18.2 Å². The maximum atomic E-state index is 10.2. The Balaban J connectivity index is 2.57. The molecule has 0 heterocycles. The maximum Gasteiger partial charge on any atom is 0.306 e. The van der Waals surface area contributed by atoms with Crippen molar-refractivity contribution >= 4 is 12.0 Å². The molecule has 1 rings (SSSR count). The van der Waals surface area contributed by atoms with Crippen LogP contribution in [-0.4, -0.2) is 17.7 Å². The van der Waals surface area contributed by atoms with E-state index in [1.54, 1.807) is 12.1 Å². The third-order valence-electron chi connectivity index (χ3n) is 1.71. The largest absolute Gasteiger partial charge is 0.492 e. The van der Waals surface area contributed by atoms with Crippen molar-refractivity contribution in [2.45, 2.75) is 6.42 Å². The van der Waals surface area contributed by atoms with Gasteiger partial charge in [-0.05, 0) is 6.07 Å². The van der Waals surface area contributed by atoms with Crippen LogP contribution in [0.3, 0.4) is 0 Å². The fourth-order valence-corrected chi connectivity index (χ4v) is 1.03. The highest BCUT2D eigenvalue weighted by molar-refractivity contribution is 5.66. The van der Waals surface area contributed by atoms with Crippen molar-refractivity contribution in [3.05, 3.63) is 36.4 Å². The quantitative estimate of drug-likeness (QED) is 0.777. The van der Waals surface area contributed by atoms with Gasteiger partial charge in [0.2, 0.25) is 0 Å². The van der Waals surface area contributed by atoms with Crippen LogP contribution in [0.4, 0.5) is 0 Å². The van der Waals surface area contributed by atoms with Crippen LogP contribution in [0.1, 0.15) is 12.0 Å². The number of aliphatic carboxylic acids is 1. The molecule has 0 fully saturated rings. The van der Waals surface area contributed by atoms with Gasteiger partial charge in [0.05, 0.1) is 13.0 Å². The van der Waals surface area contributed by atoms with E-state index in [0.717, 1.165) is 5.56 Å². The van der Waals surface area contributed by atoms with Crippen LogP contribution in [0.15, 0.2) is 30.8 Å². The van der Waals surface area contributed by atoms with Gasteiger partial charge in [0.15, 0.2) is 0 Å². The Morgan fingerprint density at radius 1 is 1.50 bits per heavy atom. The first-order valence-electron chi connectivity index (χ1n) is 4.30. The zero-order valence-corrected chi connectivity index (χ0v) is 7.77. The number of hydrogen-bond donors (Lipinski definition) is 1. The second-order valence-electron chi connectivity index (χ2n) is 2.73. The number of benzene rings is 1. The molecule has 0 aliphatic rings. The van der Waals surface area contributed by atoms with Crippen LogP contribution in [0.2, 0.25) is 0 Å². The van der Waals surface area contributed by atoms with Crippen molar-refractivity contribution in [1.82, 2.24) is 0 Å². The van der Waals surface area contributed by atoms with Crippen LogP contribution in [-0.2, 0) is 4.79 Å².